The molecule has 0 aromatic heterocycles. The van der Waals surface area contributed by atoms with Crippen molar-refractivity contribution in [2.24, 2.45) is 5.92 Å². The van der Waals surface area contributed by atoms with E-state index in [0.29, 0.717) is 5.92 Å². The summed E-state index contributed by atoms with van der Waals surface area (Å²) in [6.45, 7) is 8.95. The third-order valence-electron chi connectivity index (χ3n) is 4.59. The minimum absolute atomic E-state index is 0.101. The summed E-state index contributed by atoms with van der Waals surface area (Å²) < 4.78 is 28.0. The second kappa shape index (κ2) is 7.00. The van der Waals surface area contributed by atoms with Crippen LogP contribution in [0, 0.1) is 5.92 Å². The first-order chi connectivity index (χ1) is 10.8. The van der Waals surface area contributed by atoms with Crippen molar-refractivity contribution < 1.29 is 8.78 Å². The number of hydrogen-bond donors (Lipinski definition) is 0. The second-order valence-corrected chi connectivity index (χ2v) is 6.81. The molecular formula is C19H28F2N2. The summed E-state index contributed by atoms with van der Waals surface area (Å²) in [7, 11) is 2.05. The Balaban J connectivity index is 2.31. The Kier molecular flexibility index (Phi) is 5.45. The summed E-state index contributed by atoms with van der Waals surface area (Å²) in [5.74, 6) is -2.16. The molecule has 0 aliphatic carbocycles. The molecule has 1 heterocycles. The van der Waals surface area contributed by atoms with E-state index >= 15 is 0 Å². The standard InChI is InChI=1S/C19H28F2N2/c1-6-19(20,21)17-9-7-8-16(13-17)18-12-15(4)22(5)23(18)11-10-14(2)3/h7-9,12-15H,6,10-11H2,1-5H3. The van der Waals surface area contributed by atoms with E-state index in [1.54, 1.807) is 12.1 Å². The lowest BCUT2D eigenvalue weighted by atomic mass is 10.0. The first-order valence-corrected chi connectivity index (χ1v) is 8.47. The van der Waals surface area contributed by atoms with Gasteiger partial charge in [0.15, 0.2) is 0 Å². The van der Waals surface area contributed by atoms with E-state index in [9.17, 15) is 8.78 Å². The average Bonchev–Trinajstić information content (AvgIpc) is 2.80. The van der Waals surface area contributed by atoms with Crippen LogP contribution in [0.5, 0.6) is 0 Å². The highest BCUT2D eigenvalue weighted by Gasteiger charge is 2.31. The molecule has 1 aliphatic rings. The molecule has 0 amide bonds. The van der Waals surface area contributed by atoms with Gasteiger partial charge in [-0.1, -0.05) is 39.0 Å². The molecule has 0 spiro atoms. The SMILES string of the molecule is CCC(F)(F)c1cccc(C2=CC(C)N(C)N2CCC(C)C)c1. The van der Waals surface area contributed by atoms with Gasteiger partial charge in [0.25, 0.3) is 5.92 Å². The maximum absolute atomic E-state index is 14.0. The largest absolute Gasteiger partial charge is 0.305 e. The molecule has 0 bridgehead atoms. The van der Waals surface area contributed by atoms with Gasteiger partial charge in [-0.25, -0.2) is 13.8 Å². The van der Waals surface area contributed by atoms with Gasteiger partial charge in [0.05, 0.1) is 5.70 Å². The van der Waals surface area contributed by atoms with Gasteiger partial charge in [-0.15, -0.1) is 0 Å². The second-order valence-electron chi connectivity index (χ2n) is 6.81. The van der Waals surface area contributed by atoms with E-state index in [2.05, 4.69) is 43.9 Å². The van der Waals surface area contributed by atoms with Crippen LogP contribution in [-0.4, -0.2) is 29.7 Å². The summed E-state index contributed by atoms with van der Waals surface area (Å²) in [5.41, 5.74) is 2.01. The molecule has 0 fully saturated rings. The van der Waals surface area contributed by atoms with Crippen LogP contribution in [0.4, 0.5) is 8.78 Å². The summed E-state index contributed by atoms with van der Waals surface area (Å²) in [4.78, 5) is 0. The van der Waals surface area contributed by atoms with Crippen molar-refractivity contribution in [2.75, 3.05) is 13.6 Å². The van der Waals surface area contributed by atoms with Crippen LogP contribution in [0.15, 0.2) is 30.3 Å². The molecule has 2 rings (SSSR count). The van der Waals surface area contributed by atoms with Crippen molar-refractivity contribution in [1.29, 1.82) is 0 Å². The van der Waals surface area contributed by atoms with E-state index in [1.807, 2.05) is 6.07 Å². The fourth-order valence-corrected chi connectivity index (χ4v) is 2.83. The Morgan fingerprint density at radius 3 is 2.57 bits per heavy atom. The number of alkyl halides is 2. The first kappa shape index (κ1) is 17.9. The van der Waals surface area contributed by atoms with Gasteiger partial charge in [-0.3, -0.25) is 0 Å². The van der Waals surface area contributed by atoms with Gasteiger partial charge < -0.3 is 5.01 Å². The van der Waals surface area contributed by atoms with Crippen molar-refractivity contribution in [3.63, 3.8) is 0 Å². The monoisotopic (exact) mass is 322 g/mol. The average molecular weight is 322 g/mol. The van der Waals surface area contributed by atoms with E-state index in [4.69, 9.17) is 0 Å². The fourth-order valence-electron chi connectivity index (χ4n) is 2.83. The number of rotatable bonds is 6. The van der Waals surface area contributed by atoms with Crippen molar-refractivity contribution in [3.05, 3.63) is 41.5 Å². The molecule has 1 aromatic rings. The number of halogens is 2. The zero-order valence-electron chi connectivity index (χ0n) is 14.8. The van der Waals surface area contributed by atoms with Crippen LogP contribution < -0.4 is 0 Å². The van der Waals surface area contributed by atoms with E-state index in [-0.39, 0.29) is 18.0 Å². The quantitative estimate of drug-likeness (QED) is 0.716. The van der Waals surface area contributed by atoms with Crippen LogP contribution in [-0.2, 0) is 5.92 Å². The van der Waals surface area contributed by atoms with Crippen molar-refractivity contribution >= 4 is 5.70 Å². The predicted molar refractivity (Wildman–Crippen MR) is 92.0 cm³/mol. The topological polar surface area (TPSA) is 6.48 Å². The van der Waals surface area contributed by atoms with E-state index in [0.717, 1.165) is 24.2 Å². The summed E-state index contributed by atoms with van der Waals surface area (Å²) in [6.07, 6.45) is 3.05. The molecular weight excluding hydrogens is 294 g/mol. The minimum atomic E-state index is -2.77. The van der Waals surface area contributed by atoms with Gasteiger partial charge >= 0.3 is 0 Å². The highest BCUT2D eigenvalue weighted by atomic mass is 19.3. The molecule has 0 saturated carbocycles. The smallest absolute Gasteiger partial charge is 0.273 e. The number of hydrazine groups is 1. The lowest BCUT2D eigenvalue weighted by Crippen LogP contribution is -2.38. The third-order valence-corrected chi connectivity index (χ3v) is 4.59. The Labute approximate surface area is 138 Å². The maximum Gasteiger partial charge on any atom is 0.273 e. The lowest BCUT2D eigenvalue weighted by molar-refractivity contribution is -0.00834. The van der Waals surface area contributed by atoms with E-state index in [1.165, 1.54) is 13.0 Å². The Bertz CT molecular complexity index is 566. The molecule has 128 valence electrons. The van der Waals surface area contributed by atoms with Gasteiger partial charge in [-0.2, -0.15) is 0 Å². The predicted octanol–water partition coefficient (Wildman–Crippen LogP) is 5.13. The maximum atomic E-state index is 14.0. The van der Waals surface area contributed by atoms with Gasteiger partial charge in [-0.05, 0) is 37.0 Å². The van der Waals surface area contributed by atoms with E-state index < -0.39 is 5.92 Å². The Hall–Kier alpha value is -1.42. The first-order valence-electron chi connectivity index (χ1n) is 8.47. The van der Waals surface area contributed by atoms with Crippen LogP contribution in [0.1, 0.15) is 51.7 Å². The van der Waals surface area contributed by atoms with Crippen LogP contribution in [0.2, 0.25) is 0 Å². The molecule has 1 unspecified atom stereocenters. The lowest BCUT2D eigenvalue weighted by Gasteiger charge is -2.32. The van der Waals surface area contributed by atoms with Gasteiger partial charge in [0.1, 0.15) is 0 Å². The number of likely N-dealkylation sites (N-methyl/N-ethyl adjacent to an activating group) is 1. The number of nitrogens with zero attached hydrogens (tertiary/aromatic N) is 2. The minimum Gasteiger partial charge on any atom is -0.305 e. The molecule has 4 heteroatoms. The Morgan fingerprint density at radius 2 is 1.96 bits per heavy atom. The Morgan fingerprint density at radius 1 is 1.26 bits per heavy atom. The summed E-state index contributed by atoms with van der Waals surface area (Å²) in [6, 6.07) is 7.10. The molecule has 1 atom stereocenters. The molecule has 0 N–H and O–H groups in total. The molecule has 1 aliphatic heterocycles. The fraction of sp³-hybridized carbons (Fsp3) is 0.579. The van der Waals surface area contributed by atoms with Gasteiger partial charge in [0, 0.05) is 31.6 Å². The van der Waals surface area contributed by atoms with Crippen molar-refractivity contribution in [3.8, 4) is 0 Å². The van der Waals surface area contributed by atoms with Crippen molar-refractivity contribution in [2.45, 2.75) is 52.5 Å². The van der Waals surface area contributed by atoms with Crippen LogP contribution in [0.3, 0.4) is 0 Å². The zero-order valence-corrected chi connectivity index (χ0v) is 14.8. The van der Waals surface area contributed by atoms with Crippen molar-refractivity contribution in [1.82, 2.24) is 10.0 Å². The summed E-state index contributed by atoms with van der Waals surface area (Å²) >= 11 is 0. The molecule has 23 heavy (non-hydrogen) atoms. The third kappa shape index (κ3) is 3.92. The number of hydrogen-bond acceptors (Lipinski definition) is 2. The molecule has 1 aromatic carbocycles. The van der Waals surface area contributed by atoms with Gasteiger partial charge in [0.2, 0.25) is 0 Å². The highest BCUT2D eigenvalue weighted by Crippen LogP contribution is 2.35. The molecule has 0 saturated heterocycles. The number of benzene rings is 1. The van der Waals surface area contributed by atoms with Crippen LogP contribution in [0.25, 0.3) is 5.70 Å². The molecule has 2 nitrogen and oxygen atoms in total. The summed E-state index contributed by atoms with van der Waals surface area (Å²) in [5, 5.41) is 4.40. The highest BCUT2D eigenvalue weighted by molar-refractivity contribution is 5.66. The molecule has 0 radical (unpaired) electrons. The van der Waals surface area contributed by atoms with Crippen LogP contribution >= 0.6 is 0 Å². The normalized spacial score (nSPS) is 19.6. The zero-order chi connectivity index (χ0) is 17.2.